The maximum absolute atomic E-state index is 11.2. The van der Waals surface area contributed by atoms with Crippen LogP contribution in [0.15, 0.2) is 33.5 Å². The highest BCUT2D eigenvalue weighted by atomic mass is 16.5. The van der Waals surface area contributed by atoms with E-state index < -0.39 is 0 Å². The Morgan fingerprint density at radius 3 is 2.87 bits per heavy atom. The first kappa shape index (κ1) is 9.73. The fraction of sp³-hybridized carbons (Fsp3) is 0.182. The number of fused-ring (bicyclic) bond motifs is 1. The largest absolute Gasteiger partial charge is 0.497 e. The van der Waals surface area contributed by atoms with Gasteiger partial charge in [0.2, 0.25) is 0 Å². The Kier molecular flexibility index (Phi) is 2.43. The lowest BCUT2D eigenvalue weighted by Crippen LogP contribution is -2.04. The zero-order valence-corrected chi connectivity index (χ0v) is 8.32. The zero-order chi connectivity index (χ0) is 10.8. The van der Waals surface area contributed by atoms with Crippen molar-refractivity contribution in [1.82, 2.24) is 0 Å². The molecule has 0 saturated heterocycles. The van der Waals surface area contributed by atoms with Crippen LogP contribution >= 0.6 is 0 Å². The molecule has 0 aliphatic heterocycles. The lowest BCUT2D eigenvalue weighted by atomic mass is 10.1. The molecule has 0 radical (unpaired) electrons. The Hall–Kier alpha value is -1.81. The van der Waals surface area contributed by atoms with E-state index in [1.54, 1.807) is 25.3 Å². The molecule has 0 saturated carbocycles. The Morgan fingerprint density at radius 2 is 2.20 bits per heavy atom. The highest BCUT2D eigenvalue weighted by molar-refractivity contribution is 5.81. The standard InChI is InChI=1S/C11H11NO3/c1-14-8-2-3-10-9(5-8)7(6-12)4-11(13)15-10/h2-5H,6,12H2,1H3. The second kappa shape index (κ2) is 3.74. The summed E-state index contributed by atoms with van der Waals surface area (Å²) in [5.41, 5.74) is 6.47. The van der Waals surface area contributed by atoms with Gasteiger partial charge in [-0.3, -0.25) is 0 Å². The summed E-state index contributed by atoms with van der Waals surface area (Å²) < 4.78 is 10.1. The maximum Gasteiger partial charge on any atom is 0.336 e. The predicted molar refractivity (Wildman–Crippen MR) is 56.9 cm³/mol. The van der Waals surface area contributed by atoms with Gasteiger partial charge in [-0.1, -0.05) is 0 Å². The first-order chi connectivity index (χ1) is 7.24. The fourth-order valence-electron chi connectivity index (χ4n) is 1.50. The average Bonchev–Trinajstić information content (AvgIpc) is 2.27. The van der Waals surface area contributed by atoms with Crippen LogP contribution in [0, 0.1) is 0 Å². The molecule has 1 aromatic heterocycles. The summed E-state index contributed by atoms with van der Waals surface area (Å²) in [5.74, 6) is 0.714. The lowest BCUT2D eigenvalue weighted by Gasteiger charge is -2.04. The number of methoxy groups -OCH3 is 1. The van der Waals surface area contributed by atoms with Crippen molar-refractivity contribution in [2.45, 2.75) is 6.54 Å². The number of benzene rings is 1. The highest BCUT2D eigenvalue weighted by Crippen LogP contribution is 2.22. The third-order valence-corrected chi connectivity index (χ3v) is 2.26. The third-order valence-electron chi connectivity index (χ3n) is 2.26. The van der Waals surface area contributed by atoms with Gasteiger partial charge >= 0.3 is 5.63 Å². The Balaban J connectivity index is 2.79. The van der Waals surface area contributed by atoms with Crippen molar-refractivity contribution in [3.63, 3.8) is 0 Å². The number of ether oxygens (including phenoxy) is 1. The first-order valence-corrected chi connectivity index (χ1v) is 4.55. The number of hydrogen-bond donors (Lipinski definition) is 1. The van der Waals surface area contributed by atoms with Crippen molar-refractivity contribution < 1.29 is 9.15 Å². The highest BCUT2D eigenvalue weighted by Gasteiger charge is 2.05. The quantitative estimate of drug-likeness (QED) is 0.749. The van der Waals surface area contributed by atoms with Crippen molar-refractivity contribution in [3.8, 4) is 5.75 Å². The molecule has 0 unspecified atom stereocenters. The Morgan fingerprint density at radius 1 is 1.40 bits per heavy atom. The van der Waals surface area contributed by atoms with Crippen molar-refractivity contribution in [2.24, 2.45) is 5.73 Å². The monoisotopic (exact) mass is 205 g/mol. The van der Waals surface area contributed by atoms with E-state index in [1.165, 1.54) is 6.07 Å². The first-order valence-electron chi connectivity index (χ1n) is 4.55. The van der Waals surface area contributed by atoms with Crippen LogP contribution in [0.4, 0.5) is 0 Å². The van der Waals surface area contributed by atoms with Gasteiger partial charge in [0.25, 0.3) is 0 Å². The number of nitrogens with two attached hydrogens (primary N) is 1. The van der Waals surface area contributed by atoms with E-state index >= 15 is 0 Å². The van der Waals surface area contributed by atoms with E-state index in [-0.39, 0.29) is 5.63 Å². The minimum atomic E-state index is -0.381. The van der Waals surface area contributed by atoms with Crippen molar-refractivity contribution in [3.05, 3.63) is 40.2 Å². The summed E-state index contributed by atoms with van der Waals surface area (Å²) in [5, 5.41) is 0.816. The number of hydrogen-bond acceptors (Lipinski definition) is 4. The Bertz CT molecular complexity index is 545. The summed E-state index contributed by atoms with van der Waals surface area (Å²) in [4.78, 5) is 11.2. The summed E-state index contributed by atoms with van der Waals surface area (Å²) in [6, 6.07) is 6.66. The maximum atomic E-state index is 11.2. The second-order valence-electron chi connectivity index (χ2n) is 3.16. The van der Waals surface area contributed by atoms with Gasteiger partial charge in [-0.2, -0.15) is 0 Å². The van der Waals surface area contributed by atoms with Gasteiger partial charge in [0.05, 0.1) is 7.11 Å². The van der Waals surface area contributed by atoms with Crippen molar-refractivity contribution >= 4 is 11.0 Å². The smallest absolute Gasteiger partial charge is 0.336 e. The van der Waals surface area contributed by atoms with Crippen LogP contribution in [0.25, 0.3) is 11.0 Å². The molecule has 0 fully saturated rings. The van der Waals surface area contributed by atoms with Crippen LogP contribution in [0.1, 0.15) is 5.56 Å². The van der Waals surface area contributed by atoms with Crippen molar-refractivity contribution in [1.29, 1.82) is 0 Å². The topological polar surface area (TPSA) is 65.5 Å². The molecule has 2 aromatic rings. The van der Waals surface area contributed by atoms with E-state index in [2.05, 4.69) is 0 Å². The van der Waals surface area contributed by atoms with Gasteiger partial charge < -0.3 is 14.9 Å². The summed E-state index contributed by atoms with van der Waals surface area (Å²) in [6.07, 6.45) is 0. The molecule has 0 bridgehead atoms. The van der Waals surface area contributed by atoms with Gasteiger partial charge in [0.1, 0.15) is 11.3 Å². The molecule has 1 aromatic carbocycles. The van der Waals surface area contributed by atoms with Crippen LogP contribution in [0.2, 0.25) is 0 Å². The van der Waals surface area contributed by atoms with Gasteiger partial charge in [-0.05, 0) is 23.8 Å². The third kappa shape index (κ3) is 1.71. The molecule has 2 rings (SSSR count). The fourth-order valence-corrected chi connectivity index (χ4v) is 1.50. The molecule has 0 aliphatic carbocycles. The second-order valence-corrected chi connectivity index (χ2v) is 3.16. The molecular formula is C11H11NO3. The summed E-state index contributed by atoms with van der Waals surface area (Å²) in [7, 11) is 1.59. The Labute approximate surface area is 86.3 Å². The summed E-state index contributed by atoms with van der Waals surface area (Å²) >= 11 is 0. The SMILES string of the molecule is COc1ccc2oc(=O)cc(CN)c2c1. The van der Waals surface area contributed by atoms with E-state index in [1.807, 2.05) is 0 Å². The van der Waals surface area contributed by atoms with E-state index in [0.29, 0.717) is 17.9 Å². The minimum Gasteiger partial charge on any atom is -0.497 e. The minimum absolute atomic E-state index is 0.301. The van der Waals surface area contributed by atoms with Gasteiger partial charge in [0.15, 0.2) is 0 Å². The van der Waals surface area contributed by atoms with Crippen LogP contribution in [0.3, 0.4) is 0 Å². The molecule has 4 heteroatoms. The van der Waals surface area contributed by atoms with E-state index in [4.69, 9.17) is 14.9 Å². The average molecular weight is 205 g/mol. The van der Waals surface area contributed by atoms with Crippen molar-refractivity contribution in [2.75, 3.05) is 7.11 Å². The van der Waals surface area contributed by atoms with Gasteiger partial charge in [0, 0.05) is 18.0 Å². The summed E-state index contributed by atoms with van der Waals surface area (Å²) in [6.45, 7) is 0.301. The van der Waals surface area contributed by atoms with E-state index in [9.17, 15) is 4.79 Å². The van der Waals surface area contributed by atoms with Gasteiger partial charge in [-0.15, -0.1) is 0 Å². The normalized spacial score (nSPS) is 10.5. The molecule has 78 valence electrons. The molecule has 4 nitrogen and oxygen atoms in total. The lowest BCUT2D eigenvalue weighted by molar-refractivity contribution is 0.415. The number of rotatable bonds is 2. The molecule has 0 aliphatic rings. The molecule has 2 N–H and O–H groups in total. The van der Waals surface area contributed by atoms with Crippen LogP contribution in [-0.4, -0.2) is 7.11 Å². The van der Waals surface area contributed by atoms with Crippen LogP contribution in [0.5, 0.6) is 5.75 Å². The molecule has 0 atom stereocenters. The molecular weight excluding hydrogens is 194 g/mol. The molecule has 15 heavy (non-hydrogen) atoms. The van der Waals surface area contributed by atoms with Gasteiger partial charge in [-0.25, -0.2) is 4.79 Å². The molecule has 0 amide bonds. The van der Waals surface area contributed by atoms with Crippen LogP contribution in [-0.2, 0) is 6.54 Å². The van der Waals surface area contributed by atoms with Crippen LogP contribution < -0.4 is 16.1 Å². The molecule has 0 spiro atoms. The predicted octanol–water partition coefficient (Wildman–Crippen LogP) is 1.26. The van der Waals surface area contributed by atoms with E-state index in [0.717, 1.165) is 10.9 Å². The molecule has 1 heterocycles. The zero-order valence-electron chi connectivity index (χ0n) is 8.32.